The Balaban J connectivity index is 1.66. The smallest absolute Gasteiger partial charge is 0.416 e. The van der Waals surface area contributed by atoms with Crippen molar-refractivity contribution in [3.05, 3.63) is 17.4 Å². The van der Waals surface area contributed by atoms with Gasteiger partial charge in [0.05, 0.1) is 42.7 Å². The maximum absolute atomic E-state index is 15.9. The van der Waals surface area contributed by atoms with Crippen LogP contribution in [0.3, 0.4) is 0 Å². The molecule has 0 radical (unpaired) electrons. The minimum Gasteiger partial charge on any atom is -0.446 e. The molecule has 3 fully saturated rings. The monoisotopic (exact) mass is 450 g/mol. The lowest BCUT2D eigenvalue weighted by atomic mass is 10.0. The van der Waals surface area contributed by atoms with Crippen LogP contribution in [0, 0.1) is 5.82 Å². The number of hydrogen-bond donors (Lipinski definition) is 1. The Bertz CT molecular complexity index is 1040. The molecule has 0 bridgehead atoms. The molecule has 3 atom stereocenters. The van der Waals surface area contributed by atoms with E-state index in [2.05, 4.69) is 10.3 Å². The molecular formula is C20H23FN4O7. The fourth-order valence-corrected chi connectivity index (χ4v) is 4.47. The maximum atomic E-state index is 15.9. The third-order valence-electron chi connectivity index (χ3n) is 5.67. The van der Waals surface area contributed by atoms with E-state index in [0.717, 1.165) is 11.1 Å². The molecule has 1 aromatic carbocycles. The first-order chi connectivity index (χ1) is 15.5. The molecule has 1 N–H and O–H groups in total. The quantitative estimate of drug-likeness (QED) is 0.425. The van der Waals surface area contributed by atoms with Crippen molar-refractivity contribution in [2.75, 3.05) is 42.7 Å². The molecule has 0 spiro atoms. The minimum absolute atomic E-state index is 0.0386. The summed E-state index contributed by atoms with van der Waals surface area (Å²) in [5.41, 5.74) is 0.660. The predicted molar refractivity (Wildman–Crippen MR) is 109 cm³/mol. The zero-order valence-corrected chi connectivity index (χ0v) is 17.6. The number of amides is 1. The first-order valence-corrected chi connectivity index (χ1v) is 10.4. The van der Waals surface area contributed by atoms with E-state index < -0.39 is 24.2 Å². The predicted octanol–water partition coefficient (Wildman–Crippen LogP) is 2.41. The highest BCUT2D eigenvalue weighted by molar-refractivity contribution is 6.03. The van der Waals surface area contributed by atoms with Crippen LogP contribution in [0.4, 0.5) is 20.7 Å². The number of cyclic esters (lactones) is 1. The van der Waals surface area contributed by atoms with Gasteiger partial charge in [0.1, 0.15) is 12.6 Å². The van der Waals surface area contributed by atoms with Crippen LogP contribution >= 0.6 is 0 Å². The molecule has 0 aliphatic carbocycles. The number of rotatable bonds is 4. The molecule has 1 aromatic heterocycles. The molecule has 1 amide bonds. The number of anilines is 2. The van der Waals surface area contributed by atoms with Gasteiger partial charge in [0.2, 0.25) is 5.58 Å². The normalized spacial score (nSPS) is 27.2. The molecule has 11 nitrogen and oxygen atoms in total. The average molecular weight is 450 g/mol. The Hall–Kier alpha value is -2.96. The number of carbonyl (C=O) groups is 1. The molecule has 12 heteroatoms. The van der Waals surface area contributed by atoms with Gasteiger partial charge >= 0.3 is 6.09 Å². The van der Waals surface area contributed by atoms with Crippen molar-refractivity contribution in [3.63, 3.8) is 0 Å². The summed E-state index contributed by atoms with van der Waals surface area (Å²) in [4.78, 5) is 15.4. The third-order valence-corrected chi connectivity index (χ3v) is 5.67. The third kappa shape index (κ3) is 3.44. The van der Waals surface area contributed by atoms with E-state index in [-0.39, 0.29) is 35.6 Å². The number of ether oxygens (including phenoxy) is 4. The lowest BCUT2D eigenvalue weighted by Gasteiger charge is -2.38. The largest absolute Gasteiger partial charge is 0.446 e. The summed E-state index contributed by atoms with van der Waals surface area (Å²) in [5.74, 6) is -0.572. The summed E-state index contributed by atoms with van der Waals surface area (Å²) in [6.07, 6.45) is -0.553. The van der Waals surface area contributed by atoms with Crippen molar-refractivity contribution in [1.29, 1.82) is 0 Å². The van der Waals surface area contributed by atoms with Crippen LogP contribution in [0.2, 0.25) is 0 Å². The zero-order chi connectivity index (χ0) is 22.4. The number of aromatic nitrogens is 1. The SMILES string of the molecule is C[C@@H]1CN(c2c(C3OCCO3)cc3c(N4C(=O)OC[C@@H]4/C=N/O)noc3c2F)C[C@@H](C)O1. The van der Waals surface area contributed by atoms with E-state index in [0.29, 0.717) is 37.6 Å². The van der Waals surface area contributed by atoms with Gasteiger partial charge in [0.25, 0.3) is 0 Å². The van der Waals surface area contributed by atoms with E-state index in [1.54, 1.807) is 6.07 Å². The highest BCUT2D eigenvalue weighted by Crippen LogP contribution is 2.42. The number of benzene rings is 1. The van der Waals surface area contributed by atoms with Crippen LogP contribution in [0.25, 0.3) is 11.0 Å². The van der Waals surface area contributed by atoms with E-state index in [4.69, 9.17) is 28.7 Å². The summed E-state index contributed by atoms with van der Waals surface area (Å²) < 4.78 is 43.5. The first kappa shape index (κ1) is 20.9. The topological polar surface area (TPSA) is 119 Å². The second-order valence-electron chi connectivity index (χ2n) is 8.03. The van der Waals surface area contributed by atoms with Crippen molar-refractivity contribution in [3.8, 4) is 0 Å². The van der Waals surface area contributed by atoms with Gasteiger partial charge in [-0.3, -0.25) is 0 Å². The standard InChI is InChI=1S/C20H23FN4O7/c1-10-7-24(8-11(2)31-10)16-13(19-28-3-4-29-19)5-14-17(15(16)21)32-23-18(14)25-12(6-22-27)9-30-20(25)26/h5-6,10-12,19,27H,3-4,7-9H2,1-2H3/b22-6+/t10-,11-,12+/m1/s1. The van der Waals surface area contributed by atoms with Gasteiger partial charge in [-0.1, -0.05) is 10.3 Å². The Labute approximate surface area is 182 Å². The molecule has 3 aliphatic heterocycles. The number of fused-ring (bicyclic) bond motifs is 1. The number of morpholine rings is 1. The summed E-state index contributed by atoms with van der Waals surface area (Å²) in [6, 6.07) is 0.950. The van der Waals surface area contributed by atoms with Gasteiger partial charge < -0.3 is 33.6 Å². The van der Waals surface area contributed by atoms with Gasteiger partial charge in [0, 0.05) is 18.7 Å². The second kappa shape index (κ2) is 8.19. The highest BCUT2D eigenvalue weighted by atomic mass is 19.1. The summed E-state index contributed by atoms with van der Waals surface area (Å²) in [7, 11) is 0. The lowest BCUT2D eigenvalue weighted by Crippen LogP contribution is -2.46. The lowest BCUT2D eigenvalue weighted by molar-refractivity contribution is -0.0445. The van der Waals surface area contributed by atoms with E-state index in [1.807, 2.05) is 18.7 Å². The van der Waals surface area contributed by atoms with E-state index in [1.165, 1.54) is 0 Å². The number of halogens is 1. The van der Waals surface area contributed by atoms with Gasteiger partial charge in [0.15, 0.2) is 17.9 Å². The minimum atomic E-state index is -0.777. The van der Waals surface area contributed by atoms with Gasteiger partial charge in [-0.15, -0.1) is 0 Å². The molecule has 5 rings (SSSR count). The van der Waals surface area contributed by atoms with Crippen LogP contribution in [-0.2, 0) is 18.9 Å². The number of hydrogen-bond acceptors (Lipinski definition) is 10. The molecule has 0 unspecified atom stereocenters. The van der Waals surface area contributed by atoms with E-state index in [9.17, 15) is 4.79 Å². The average Bonchev–Trinajstić information content (AvgIpc) is 3.48. The van der Waals surface area contributed by atoms with Crippen molar-refractivity contribution >= 4 is 34.8 Å². The van der Waals surface area contributed by atoms with Crippen molar-refractivity contribution in [2.45, 2.75) is 38.4 Å². The van der Waals surface area contributed by atoms with Gasteiger partial charge in [-0.05, 0) is 19.9 Å². The Morgan fingerprint density at radius 2 is 1.97 bits per heavy atom. The van der Waals surface area contributed by atoms with E-state index >= 15 is 4.39 Å². The van der Waals surface area contributed by atoms with Gasteiger partial charge in [-0.2, -0.15) is 0 Å². The molecule has 0 saturated carbocycles. The van der Waals surface area contributed by atoms with Crippen molar-refractivity contribution in [2.24, 2.45) is 5.16 Å². The second-order valence-corrected chi connectivity index (χ2v) is 8.03. The summed E-state index contributed by atoms with van der Waals surface area (Å²) in [5, 5.41) is 16.1. The molecular weight excluding hydrogens is 427 g/mol. The molecule has 172 valence electrons. The number of carbonyl (C=O) groups excluding carboxylic acids is 1. The molecule has 2 aromatic rings. The van der Waals surface area contributed by atoms with Crippen LogP contribution in [0.1, 0.15) is 25.7 Å². The highest BCUT2D eigenvalue weighted by Gasteiger charge is 2.39. The number of oxime groups is 1. The summed E-state index contributed by atoms with van der Waals surface area (Å²) in [6.45, 7) is 5.52. The summed E-state index contributed by atoms with van der Waals surface area (Å²) >= 11 is 0. The van der Waals surface area contributed by atoms with Crippen LogP contribution in [0.5, 0.6) is 0 Å². The molecule has 3 aliphatic rings. The van der Waals surface area contributed by atoms with Crippen molar-refractivity contribution < 1.29 is 37.9 Å². The molecule has 32 heavy (non-hydrogen) atoms. The Kier molecular flexibility index (Phi) is 5.35. The van der Waals surface area contributed by atoms with Gasteiger partial charge in [-0.25, -0.2) is 14.1 Å². The zero-order valence-electron chi connectivity index (χ0n) is 17.6. The van der Waals surface area contributed by atoms with Crippen LogP contribution in [-0.4, -0.2) is 73.8 Å². The Morgan fingerprint density at radius 1 is 1.25 bits per heavy atom. The Morgan fingerprint density at radius 3 is 2.66 bits per heavy atom. The maximum Gasteiger partial charge on any atom is 0.416 e. The molecule has 4 heterocycles. The van der Waals surface area contributed by atoms with Crippen LogP contribution < -0.4 is 9.80 Å². The molecule has 3 saturated heterocycles. The fraction of sp³-hybridized carbons (Fsp3) is 0.550. The fourth-order valence-electron chi connectivity index (χ4n) is 4.47. The number of nitrogens with zero attached hydrogens (tertiary/aromatic N) is 4. The van der Waals surface area contributed by atoms with Crippen molar-refractivity contribution in [1.82, 2.24) is 5.16 Å². The first-order valence-electron chi connectivity index (χ1n) is 10.4. The van der Waals surface area contributed by atoms with Crippen LogP contribution in [0.15, 0.2) is 15.7 Å².